The van der Waals surface area contributed by atoms with Crippen molar-refractivity contribution in [1.29, 1.82) is 0 Å². The molecule has 146 valence electrons. The molecule has 5 rings (SSSR count). The molecule has 0 spiro atoms. The molecule has 0 aliphatic carbocycles. The lowest BCUT2D eigenvalue weighted by atomic mass is 10.1. The van der Waals surface area contributed by atoms with Gasteiger partial charge in [0.25, 0.3) is 5.56 Å². The number of hydrogen-bond acceptors (Lipinski definition) is 6. The van der Waals surface area contributed by atoms with Crippen molar-refractivity contribution in [1.82, 2.24) is 34.2 Å². The summed E-state index contributed by atoms with van der Waals surface area (Å²) in [4.78, 5) is 35.3. The molecular formula is C21H21N7O. The van der Waals surface area contributed by atoms with Crippen molar-refractivity contribution in [3.05, 3.63) is 75.6 Å². The fourth-order valence-electron chi connectivity index (χ4n) is 3.94. The van der Waals surface area contributed by atoms with Crippen LogP contribution in [0, 0.1) is 13.8 Å². The topological polar surface area (TPSA) is 92.1 Å². The standard InChI is InChI=1S/C21H21N7O/c1-13-4-3-6-28-18(14(2)24-20(13)28)11-27-7-5-17-16(10-27)21(29)26-19(25-17)15-8-22-12-23-9-15/h3-4,6,8-9,12H,5,7,10-11H2,1-2H3,(H,25,26,29). The van der Waals surface area contributed by atoms with Crippen LogP contribution < -0.4 is 5.56 Å². The first kappa shape index (κ1) is 17.7. The van der Waals surface area contributed by atoms with Crippen molar-refractivity contribution < 1.29 is 0 Å². The minimum Gasteiger partial charge on any atom is -0.306 e. The van der Waals surface area contributed by atoms with Crippen LogP contribution in [-0.4, -0.2) is 40.8 Å². The number of H-pyrrole nitrogens is 1. The second-order valence-corrected chi connectivity index (χ2v) is 7.46. The van der Waals surface area contributed by atoms with Crippen LogP contribution in [0.2, 0.25) is 0 Å². The Balaban J connectivity index is 1.44. The highest BCUT2D eigenvalue weighted by atomic mass is 16.1. The van der Waals surface area contributed by atoms with E-state index in [9.17, 15) is 4.79 Å². The second kappa shape index (κ2) is 6.89. The van der Waals surface area contributed by atoms with Gasteiger partial charge in [0, 0.05) is 44.6 Å². The molecule has 0 aromatic carbocycles. The highest BCUT2D eigenvalue weighted by Gasteiger charge is 2.23. The molecule has 5 heterocycles. The Morgan fingerprint density at radius 3 is 2.83 bits per heavy atom. The third-order valence-electron chi connectivity index (χ3n) is 5.50. The largest absolute Gasteiger partial charge is 0.306 e. The maximum atomic E-state index is 12.7. The van der Waals surface area contributed by atoms with Gasteiger partial charge >= 0.3 is 0 Å². The summed E-state index contributed by atoms with van der Waals surface area (Å²) in [6, 6.07) is 4.12. The highest BCUT2D eigenvalue weighted by Crippen LogP contribution is 2.22. The predicted molar refractivity (Wildman–Crippen MR) is 108 cm³/mol. The monoisotopic (exact) mass is 387 g/mol. The Morgan fingerprint density at radius 2 is 2.00 bits per heavy atom. The molecule has 1 aliphatic heterocycles. The zero-order valence-electron chi connectivity index (χ0n) is 16.4. The van der Waals surface area contributed by atoms with Crippen molar-refractivity contribution in [2.75, 3.05) is 6.54 Å². The minimum absolute atomic E-state index is 0.0933. The van der Waals surface area contributed by atoms with Gasteiger partial charge < -0.3 is 9.38 Å². The van der Waals surface area contributed by atoms with E-state index in [1.807, 2.05) is 13.0 Å². The Kier molecular flexibility index (Phi) is 4.21. The zero-order chi connectivity index (χ0) is 20.0. The molecule has 1 N–H and O–H groups in total. The van der Waals surface area contributed by atoms with Gasteiger partial charge in [0.05, 0.1) is 28.2 Å². The van der Waals surface area contributed by atoms with Gasteiger partial charge in [-0.25, -0.2) is 19.9 Å². The molecule has 4 aromatic rings. The number of imidazole rings is 1. The SMILES string of the molecule is Cc1nc2c(C)cccn2c1CN1CCc2nc(-c3cncnc3)[nH]c(=O)c2C1. The third-order valence-corrected chi connectivity index (χ3v) is 5.50. The van der Waals surface area contributed by atoms with Crippen molar-refractivity contribution in [3.8, 4) is 11.4 Å². The summed E-state index contributed by atoms with van der Waals surface area (Å²) in [6.07, 6.45) is 7.55. The van der Waals surface area contributed by atoms with Crippen LogP contribution in [0.1, 0.15) is 28.2 Å². The molecule has 8 nitrogen and oxygen atoms in total. The number of pyridine rings is 1. The van der Waals surface area contributed by atoms with Gasteiger partial charge in [-0.05, 0) is 25.5 Å². The quantitative estimate of drug-likeness (QED) is 0.578. The summed E-state index contributed by atoms with van der Waals surface area (Å²) < 4.78 is 2.15. The van der Waals surface area contributed by atoms with E-state index in [-0.39, 0.29) is 5.56 Å². The van der Waals surface area contributed by atoms with E-state index in [0.717, 1.165) is 53.4 Å². The van der Waals surface area contributed by atoms with Crippen LogP contribution in [0.4, 0.5) is 0 Å². The second-order valence-electron chi connectivity index (χ2n) is 7.46. The molecule has 8 heteroatoms. The molecule has 0 radical (unpaired) electrons. The molecule has 0 saturated carbocycles. The van der Waals surface area contributed by atoms with E-state index < -0.39 is 0 Å². The van der Waals surface area contributed by atoms with Crippen LogP contribution in [0.25, 0.3) is 17.0 Å². The fourth-order valence-corrected chi connectivity index (χ4v) is 3.94. The summed E-state index contributed by atoms with van der Waals surface area (Å²) in [5.41, 5.74) is 6.55. The Bertz CT molecular complexity index is 1260. The van der Waals surface area contributed by atoms with E-state index in [1.165, 1.54) is 6.33 Å². The van der Waals surface area contributed by atoms with Crippen LogP contribution in [0.5, 0.6) is 0 Å². The third kappa shape index (κ3) is 3.11. The first-order valence-electron chi connectivity index (χ1n) is 9.63. The average Bonchev–Trinajstić information content (AvgIpc) is 3.06. The maximum Gasteiger partial charge on any atom is 0.255 e. The van der Waals surface area contributed by atoms with E-state index in [4.69, 9.17) is 4.98 Å². The first-order valence-corrected chi connectivity index (χ1v) is 9.63. The van der Waals surface area contributed by atoms with Crippen molar-refractivity contribution in [2.24, 2.45) is 0 Å². The molecule has 1 aliphatic rings. The van der Waals surface area contributed by atoms with E-state index in [0.29, 0.717) is 17.9 Å². The predicted octanol–water partition coefficient (Wildman–Crippen LogP) is 2.05. The Hall–Kier alpha value is -3.39. The maximum absolute atomic E-state index is 12.7. The van der Waals surface area contributed by atoms with Crippen LogP contribution in [-0.2, 0) is 19.5 Å². The summed E-state index contributed by atoms with van der Waals surface area (Å²) in [6.45, 7) is 6.27. The molecule has 4 aromatic heterocycles. The van der Waals surface area contributed by atoms with Crippen LogP contribution in [0.15, 0.2) is 41.8 Å². The smallest absolute Gasteiger partial charge is 0.255 e. The number of aryl methyl sites for hydroxylation is 2. The lowest BCUT2D eigenvalue weighted by molar-refractivity contribution is 0.238. The number of rotatable bonds is 3. The summed E-state index contributed by atoms with van der Waals surface area (Å²) in [5.74, 6) is 0.524. The lowest BCUT2D eigenvalue weighted by Crippen LogP contribution is -2.35. The molecule has 29 heavy (non-hydrogen) atoms. The lowest BCUT2D eigenvalue weighted by Gasteiger charge is -2.27. The van der Waals surface area contributed by atoms with E-state index in [2.05, 4.69) is 48.4 Å². The number of fused-ring (bicyclic) bond motifs is 2. The Labute approximate surface area is 167 Å². The molecule has 0 saturated heterocycles. The van der Waals surface area contributed by atoms with Crippen molar-refractivity contribution in [2.45, 2.75) is 33.4 Å². The van der Waals surface area contributed by atoms with Crippen molar-refractivity contribution >= 4 is 5.65 Å². The summed E-state index contributed by atoms with van der Waals surface area (Å²) in [5, 5.41) is 0. The number of aromatic amines is 1. The molecule has 0 fully saturated rings. The number of nitrogens with zero attached hydrogens (tertiary/aromatic N) is 6. The molecule has 0 bridgehead atoms. The highest BCUT2D eigenvalue weighted by molar-refractivity contribution is 5.52. The summed E-state index contributed by atoms with van der Waals surface area (Å²) in [7, 11) is 0. The molecule has 0 unspecified atom stereocenters. The molecule has 0 atom stereocenters. The number of aromatic nitrogens is 6. The Morgan fingerprint density at radius 1 is 1.17 bits per heavy atom. The van der Waals surface area contributed by atoms with Crippen molar-refractivity contribution in [3.63, 3.8) is 0 Å². The molecular weight excluding hydrogens is 366 g/mol. The first-order chi connectivity index (χ1) is 14.1. The summed E-state index contributed by atoms with van der Waals surface area (Å²) >= 11 is 0. The van der Waals surface area contributed by atoms with Gasteiger partial charge in [0.2, 0.25) is 0 Å². The number of hydrogen-bond donors (Lipinski definition) is 1. The minimum atomic E-state index is -0.0933. The van der Waals surface area contributed by atoms with Gasteiger partial charge in [-0.2, -0.15) is 0 Å². The fraction of sp³-hybridized carbons (Fsp3) is 0.286. The van der Waals surface area contributed by atoms with Crippen LogP contribution >= 0.6 is 0 Å². The van der Waals surface area contributed by atoms with E-state index >= 15 is 0 Å². The van der Waals surface area contributed by atoms with Crippen LogP contribution in [0.3, 0.4) is 0 Å². The van der Waals surface area contributed by atoms with E-state index in [1.54, 1.807) is 12.4 Å². The average molecular weight is 387 g/mol. The van der Waals surface area contributed by atoms with Gasteiger partial charge in [0.15, 0.2) is 0 Å². The zero-order valence-corrected chi connectivity index (χ0v) is 16.4. The number of nitrogens with one attached hydrogen (secondary N) is 1. The van der Waals surface area contributed by atoms with Gasteiger partial charge in [-0.15, -0.1) is 0 Å². The molecule has 0 amide bonds. The van der Waals surface area contributed by atoms with Gasteiger partial charge in [-0.1, -0.05) is 6.07 Å². The normalized spacial score (nSPS) is 14.3. The van der Waals surface area contributed by atoms with Gasteiger partial charge in [-0.3, -0.25) is 9.69 Å². The van der Waals surface area contributed by atoms with Gasteiger partial charge in [0.1, 0.15) is 17.8 Å².